The Balaban J connectivity index is 2.35. The van der Waals surface area contributed by atoms with Crippen LogP contribution in [0.15, 0.2) is 24.3 Å². The number of rotatable bonds is 5. The van der Waals surface area contributed by atoms with Crippen LogP contribution in [0.3, 0.4) is 0 Å². The Morgan fingerprint density at radius 1 is 1.00 bits per heavy atom. The fraction of sp³-hybridized carbons (Fsp3) is 0.231. The van der Waals surface area contributed by atoms with E-state index in [-0.39, 0.29) is 11.1 Å². The third-order valence-electron chi connectivity index (χ3n) is 3.15. The maximum Gasteiger partial charge on any atom is 0.332 e. The predicted octanol–water partition coefficient (Wildman–Crippen LogP) is -0.429. The Morgan fingerprint density at radius 2 is 1.48 bits per heavy atom. The Labute approximate surface area is 118 Å². The molecule has 0 radical (unpaired) electrons. The summed E-state index contributed by atoms with van der Waals surface area (Å²) in [5, 5.41) is 27.0. The van der Waals surface area contributed by atoms with E-state index in [2.05, 4.69) is 0 Å². The molecule has 0 saturated heterocycles. The minimum absolute atomic E-state index is 0.0542. The van der Waals surface area contributed by atoms with Crippen LogP contribution in [0.5, 0.6) is 0 Å². The minimum Gasteiger partial charge on any atom is -0.480 e. The Hall–Kier alpha value is -2.74. The lowest BCUT2D eigenvalue weighted by Crippen LogP contribution is -2.47. The summed E-state index contributed by atoms with van der Waals surface area (Å²) in [5.74, 6) is -4.83. The molecule has 2 rings (SSSR count). The van der Waals surface area contributed by atoms with Gasteiger partial charge in [-0.25, -0.2) is 9.59 Å². The number of imide groups is 1. The van der Waals surface area contributed by atoms with Crippen LogP contribution in [-0.4, -0.2) is 56.1 Å². The average Bonchev–Trinajstić information content (AvgIpc) is 2.68. The summed E-state index contributed by atoms with van der Waals surface area (Å²) in [6.07, 6.45) is -2.77. The zero-order valence-electron chi connectivity index (χ0n) is 10.6. The van der Waals surface area contributed by atoms with Crippen LogP contribution in [0.2, 0.25) is 0 Å². The largest absolute Gasteiger partial charge is 0.480 e. The zero-order valence-corrected chi connectivity index (χ0v) is 10.6. The molecular formula is C13H11NO7. The number of carboxylic acids is 2. The standard InChI is InChI=1S/C13H11NO7/c15-9(13(20)21)5-8(12(18)19)14-10(16)6-3-1-2-4-7(6)11(14)17/h1-4,8-9,15H,5H2,(H,18,19)(H,20,21)/t8-,9-/m0/s1. The number of carbonyl (C=O) groups is 4. The van der Waals surface area contributed by atoms with Crippen molar-refractivity contribution in [3.05, 3.63) is 35.4 Å². The third kappa shape index (κ3) is 2.48. The molecule has 1 aliphatic rings. The van der Waals surface area contributed by atoms with Crippen molar-refractivity contribution in [1.82, 2.24) is 4.90 Å². The molecule has 0 spiro atoms. The lowest BCUT2D eigenvalue weighted by molar-refractivity contribution is -0.150. The summed E-state index contributed by atoms with van der Waals surface area (Å²) < 4.78 is 0. The molecule has 0 unspecified atom stereocenters. The number of aliphatic carboxylic acids is 2. The number of carboxylic acid groups (broad SMARTS) is 2. The van der Waals surface area contributed by atoms with Crippen LogP contribution in [-0.2, 0) is 9.59 Å². The topological polar surface area (TPSA) is 132 Å². The van der Waals surface area contributed by atoms with Crippen LogP contribution < -0.4 is 0 Å². The first-order valence-electron chi connectivity index (χ1n) is 5.95. The van der Waals surface area contributed by atoms with Gasteiger partial charge in [-0.15, -0.1) is 0 Å². The molecule has 1 aromatic rings. The van der Waals surface area contributed by atoms with Gasteiger partial charge >= 0.3 is 11.9 Å². The van der Waals surface area contributed by atoms with Crippen molar-refractivity contribution >= 4 is 23.8 Å². The first kappa shape index (κ1) is 14.7. The number of aliphatic hydroxyl groups excluding tert-OH is 1. The van der Waals surface area contributed by atoms with Crippen molar-refractivity contribution < 1.29 is 34.5 Å². The Bertz CT molecular complexity index is 604. The van der Waals surface area contributed by atoms with Gasteiger partial charge in [0.05, 0.1) is 11.1 Å². The van der Waals surface area contributed by atoms with Gasteiger partial charge < -0.3 is 15.3 Å². The smallest absolute Gasteiger partial charge is 0.332 e. The number of nitrogens with zero attached hydrogens (tertiary/aromatic N) is 1. The molecule has 2 amide bonds. The SMILES string of the molecule is O=C(O)[C@@H](O)C[C@@H](C(=O)O)N1C(=O)c2ccccc2C1=O. The molecule has 2 atom stereocenters. The average molecular weight is 293 g/mol. The summed E-state index contributed by atoms with van der Waals surface area (Å²) in [5.41, 5.74) is 0.108. The summed E-state index contributed by atoms with van der Waals surface area (Å²) in [4.78, 5) is 46.6. The highest BCUT2D eigenvalue weighted by Crippen LogP contribution is 2.26. The van der Waals surface area contributed by atoms with E-state index in [0.717, 1.165) is 0 Å². The van der Waals surface area contributed by atoms with Crippen molar-refractivity contribution in [2.45, 2.75) is 18.6 Å². The molecule has 21 heavy (non-hydrogen) atoms. The molecule has 8 heteroatoms. The zero-order chi connectivity index (χ0) is 15.7. The maximum absolute atomic E-state index is 12.1. The lowest BCUT2D eigenvalue weighted by atomic mass is 10.1. The van der Waals surface area contributed by atoms with Gasteiger partial charge in [-0.05, 0) is 12.1 Å². The first-order valence-corrected chi connectivity index (χ1v) is 5.95. The second-order valence-electron chi connectivity index (χ2n) is 4.47. The Kier molecular flexibility index (Phi) is 3.72. The fourth-order valence-corrected chi connectivity index (χ4v) is 2.12. The molecule has 0 bridgehead atoms. The molecular weight excluding hydrogens is 282 g/mol. The molecule has 3 N–H and O–H groups in total. The molecule has 0 aliphatic carbocycles. The maximum atomic E-state index is 12.1. The normalized spacial score (nSPS) is 16.5. The van der Waals surface area contributed by atoms with Crippen LogP contribution in [0, 0.1) is 0 Å². The van der Waals surface area contributed by atoms with Crippen LogP contribution >= 0.6 is 0 Å². The number of fused-ring (bicyclic) bond motifs is 1. The van der Waals surface area contributed by atoms with Gasteiger partial charge in [0.2, 0.25) is 0 Å². The molecule has 1 heterocycles. The molecule has 1 aromatic carbocycles. The van der Waals surface area contributed by atoms with Gasteiger partial charge in [-0.2, -0.15) is 0 Å². The highest BCUT2D eigenvalue weighted by molar-refractivity contribution is 6.22. The monoisotopic (exact) mass is 293 g/mol. The number of hydrogen-bond acceptors (Lipinski definition) is 5. The van der Waals surface area contributed by atoms with Gasteiger partial charge in [-0.3, -0.25) is 14.5 Å². The van der Waals surface area contributed by atoms with E-state index in [0.29, 0.717) is 4.90 Å². The van der Waals surface area contributed by atoms with E-state index in [1.807, 2.05) is 0 Å². The molecule has 1 aliphatic heterocycles. The van der Waals surface area contributed by atoms with E-state index in [1.165, 1.54) is 24.3 Å². The number of benzene rings is 1. The number of aliphatic hydroxyl groups is 1. The number of hydrogen-bond donors (Lipinski definition) is 3. The van der Waals surface area contributed by atoms with Gasteiger partial charge in [0.15, 0.2) is 6.10 Å². The van der Waals surface area contributed by atoms with E-state index < -0.39 is 42.3 Å². The van der Waals surface area contributed by atoms with Crippen molar-refractivity contribution in [2.24, 2.45) is 0 Å². The van der Waals surface area contributed by atoms with Crippen LogP contribution in [0.1, 0.15) is 27.1 Å². The summed E-state index contributed by atoms with van der Waals surface area (Å²) in [6, 6.07) is 4.05. The van der Waals surface area contributed by atoms with Crippen LogP contribution in [0.25, 0.3) is 0 Å². The second-order valence-corrected chi connectivity index (χ2v) is 4.47. The van der Waals surface area contributed by atoms with Gasteiger partial charge in [0, 0.05) is 6.42 Å². The number of amides is 2. The molecule has 0 fully saturated rings. The van der Waals surface area contributed by atoms with Gasteiger partial charge in [0.1, 0.15) is 6.04 Å². The summed E-state index contributed by atoms with van der Waals surface area (Å²) in [7, 11) is 0. The fourth-order valence-electron chi connectivity index (χ4n) is 2.12. The van der Waals surface area contributed by atoms with Gasteiger partial charge in [0.25, 0.3) is 11.8 Å². The van der Waals surface area contributed by atoms with Gasteiger partial charge in [-0.1, -0.05) is 12.1 Å². The van der Waals surface area contributed by atoms with Crippen molar-refractivity contribution in [3.63, 3.8) is 0 Å². The highest BCUT2D eigenvalue weighted by Gasteiger charge is 2.44. The minimum atomic E-state index is -1.99. The first-order chi connectivity index (χ1) is 9.84. The van der Waals surface area contributed by atoms with E-state index in [9.17, 15) is 24.3 Å². The third-order valence-corrected chi connectivity index (χ3v) is 3.15. The molecule has 0 saturated carbocycles. The predicted molar refractivity (Wildman–Crippen MR) is 66.6 cm³/mol. The highest BCUT2D eigenvalue weighted by atomic mass is 16.4. The summed E-state index contributed by atoms with van der Waals surface area (Å²) in [6.45, 7) is 0. The lowest BCUT2D eigenvalue weighted by Gasteiger charge is -2.23. The molecule has 8 nitrogen and oxygen atoms in total. The Morgan fingerprint density at radius 3 is 1.86 bits per heavy atom. The van der Waals surface area contributed by atoms with Crippen molar-refractivity contribution in [1.29, 1.82) is 0 Å². The van der Waals surface area contributed by atoms with Crippen LogP contribution in [0.4, 0.5) is 0 Å². The summed E-state index contributed by atoms with van der Waals surface area (Å²) >= 11 is 0. The molecule has 0 aromatic heterocycles. The second kappa shape index (κ2) is 5.33. The molecule has 110 valence electrons. The van der Waals surface area contributed by atoms with E-state index in [1.54, 1.807) is 0 Å². The van der Waals surface area contributed by atoms with Crippen molar-refractivity contribution in [2.75, 3.05) is 0 Å². The van der Waals surface area contributed by atoms with E-state index >= 15 is 0 Å². The quantitative estimate of drug-likeness (QED) is 0.627. The van der Waals surface area contributed by atoms with Crippen molar-refractivity contribution in [3.8, 4) is 0 Å². The number of carbonyl (C=O) groups excluding carboxylic acids is 2. The van der Waals surface area contributed by atoms with E-state index in [4.69, 9.17) is 10.2 Å².